The molecular formula is C17H23N3O7S. The molecule has 10 nitrogen and oxygen atoms in total. The van der Waals surface area contributed by atoms with Gasteiger partial charge in [-0.2, -0.15) is 0 Å². The van der Waals surface area contributed by atoms with Crippen LogP contribution in [0.5, 0.6) is 0 Å². The van der Waals surface area contributed by atoms with E-state index < -0.39 is 39.3 Å². The fraction of sp³-hybridized carbons (Fsp3) is 0.647. The summed E-state index contributed by atoms with van der Waals surface area (Å²) < 4.78 is 30.1. The number of carbonyl (C=O) groups excluding carboxylic acids is 2. The van der Waals surface area contributed by atoms with Crippen molar-refractivity contribution < 1.29 is 27.7 Å². The Morgan fingerprint density at radius 1 is 1.29 bits per heavy atom. The first-order valence-electron chi connectivity index (χ1n) is 9.17. The highest BCUT2D eigenvalue weighted by atomic mass is 32.2. The number of hydrogen-bond acceptors (Lipinski definition) is 7. The smallest absolute Gasteiger partial charge is 0.355 e. The van der Waals surface area contributed by atoms with E-state index in [0.717, 1.165) is 31.7 Å². The van der Waals surface area contributed by atoms with Gasteiger partial charge < -0.3 is 14.2 Å². The van der Waals surface area contributed by atoms with Crippen LogP contribution in [-0.2, 0) is 26.4 Å². The van der Waals surface area contributed by atoms with Gasteiger partial charge in [0.2, 0.25) is 0 Å². The van der Waals surface area contributed by atoms with E-state index >= 15 is 0 Å². The highest BCUT2D eigenvalue weighted by Crippen LogP contribution is 2.29. The SMILES string of the molecule is Cn1cc([N+](=O)[O-])cc1C(=O)OCC(=O)N(C1CCCC1)[C@H]1CCS(=O)(=O)C1. The molecule has 1 saturated heterocycles. The van der Waals surface area contributed by atoms with Crippen LogP contribution in [0.1, 0.15) is 42.6 Å². The number of hydrogen-bond donors (Lipinski definition) is 0. The second-order valence-corrected chi connectivity index (χ2v) is 9.55. The number of carbonyl (C=O) groups is 2. The molecular weight excluding hydrogens is 390 g/mol. The van der Waals surface area contributed by atoms with Crippen LogP contribution in [0.25, 0.3) is 0 Å². The molecule has 1 aromatic rings. The van der Waals surface area contributed by atoms with E-state index in [9.17, 15) is 28.1 Å². The molecule has 0 aromatic carbocycles. The number of rotatable bonds is 6. The van der Waals surface area contributed by atoms with Crippen LogP contribution >= 0.6 is 0 Å². The predicted octanol–water partition coefficient (Wildman–Crippen LogP) is 1.05. The highest BCUT2D eigenvalue weighted by molar-refractivity contribution is 7.91. The average molecular weight is 413 g/mol. The number of nitrogens with zero attached hydrogens (tertiary/aromatic N) is 3. The molecule has 3 rings (SSSR count). The van der Waals surface area contributed by atoms with E-state index in [2.05, 4.69) is 0 Å². The van der Waals surface area contributed by atoms with E-state index in [1.807, 2.05) is 0 Å². The lowest BCUT2D eigenvalue weighted by Gasteiger charge is -2.33. The van der Waals surface area contributed by atoms with E-state index in [1.165, 1.54) is 17.8 Å². The second-order valence-electron chi connectivity index (χ2n) is 7.32. The van der Waals surface area contributed by atoms with Crippen molar-refractivity contribution in [2.24, 2.45) is 7.05 Å². The summed E-state index contributed by atoms with van der Waals surface area (Å²) in [7, 11) is -1.69. The average Bonchev–Trinajstić information content (AvgIpc) is 3.34. The molecule has 28 heavy (non-hydrogen) atoms. The first-order valence-corrected chi connectivity index (χ1v) is 11.0. The van der Waals surface area contributed by atoms with Crippen LogP contribution in [0.3, 0.4) is 0 Å². The van der Waals surface area contributed by atoms with Crippen LogP contribution < -0.4 is 0 Å². The van der Waals surface area contributed by atoms with Crippen LogP contribution in [0.4, 0.5) is 5.69 Å². The first-order chi connectivity index (χ1) is 13.2. The topological polar surface area (TPSA) is 129 Å². The Balaban J connectivity index is 1.68. The van der Waals surface area contributed by atoms with Crippen molar-refractivity contribution in [3.63, 3.8) is 0 Å². The van der Waals surface area contributed by atoms with Crippen molar-refractivity contribution >= 4 is 27.4 Å². The standard InChI is InChI=1S/C17H23N3O7S/c1-18-9-14(20(23)24)8-15(18)17(22)27-10-16(21)19(12-4-2-3-5-12)13-6-7-28(25,26)11-13/h8-9,12-13H,2-7,10-11H2,1H3/t13-/m0/s1. The Kier molecular flexibility index (Phi) is 5.73. The van der Waals surface area contributed by atoms with Crippen molar-refractivity contribution in [2.75, 3.05) is 18.1 Å². The van der Waals surface area contributed by atoms with Crippen molar-refractivity contribution in [1.29, 1.82) is 0 Å². The molecule has 2 aliphatic rings. The Bertz CT molecular complexity index is 887. The Morgan fingerprint density at radius 2 is 1.96 bits per heavy atom. The third-order valence-electron chi connectivity index (χ3n) is 5.35. The lowest BCUT2D eigenvalue weighted by atomic mass is 10.1. The van der Waals surface area contributed by atoms with Crippen LogP contribution in [0.15, 0.2) is 12.3 Å². The normalized spacial score (nSPS) is 21.5. The molecule has 0 radical (unpaired) electrons. The molecule has 1 amide bonds. The molecule has 0 spiro atoms. The number of aromatic nitrogens is 1. The minimum absolute atomic E-state index is 0.0321. The molecule has 1 saturated carbocycles. The van der Waals surface area contributed by atoms with E-state index in [4.69, 9.17) is 4.74 Å². The van der Waals surface area contributed by atoms with Crippen LogP contribution in [-0.4, -0.2) is 64.9 Å². The molecule has 1 atom stereocenters. The number of sulfone groups is 1. The van der Waals surface area contributed by atoms with Gasteiger partial charge >= 0.3 is 5.97 Å². The highest BCUT2D eigenvalue weighted by Gasteiger charge is 2.39. The summed E-state index contributed by atoms with van der Waals surface area (Å²) in [6, 6.07) is 0.654. The van der Waals surface area contributed by atoms with Gasteiger partial charge in [0.15, 0.2) is 16.4 Å². The quantitative estimate of drug-likeness (QED) is 0.387. The summed E-state index contributed by atoms with van der Waals surface area (Å²) in [6.45, 7) is -0.523. The zero-order valence-corrected chi connectivity index (χ0v) is 16.4. The van der Waals surface area contributed by atoms with Crippen molar-refractivity contribution in [2.45, 2.75) is 44.2 Å². The number of amides is 1. The molecule has 0 bridgehead atoms. The zero-order chi connectivity index (χ0) is 20.5. The summed E-state index contributed by atoms with van der Waals surface area (Å²) in [5.74, 6) is -1.27. The van der Waals surface area contributed by atoms with Gasteiger partial charge in [-0.15, -0.1) is 0 Å². The summed E-state index contributed by atoms with van der Waals surface area (Å²) in [5.41, 5.74) is -0.278. The third kappa shape index (κ3) is 4.34. The maximum absolute atomic E-state index is 12.8. The van der Waals surface area contributed by atoms with Crippen molar-refractivity contribution in [1.82, 2.24) is 9.47 Å². The number of ether oxygens (including phenoxy) is 1. The Morgan fingerprint density at radius 3 is 2.50 bits per heavy atom. The predicted molar refractivity (Wildman–Crippen MR) is 98.5 cm³/mol. The molecule has 0 unspecified atom stereocenters. The molecule has 1 aromatic heterocycles. The van der Waals surface area contributed by atoms with Crippen LogP contribution in [0, 0.1) is 10.1 Å². The van der Waals surface area contributed by atoms with Gasteiger partial charge in [-0.3, -0.25) is 14.9 Å². The largest absolute Gasteiger partial charge is 0.451 e. The van der Waals surface area contributed by atoms with Gasteiger partial charge in [-0.05, 0) is 19.3 Å². The van der Waals surface area contributed by atoms with Gasteiger partial charge in [0.1, 0.15) is 5.69 Å². The van der Waals surface area contributed by atoms with Crippen molar-refractivity contribution in [3.05, 3.63) is 28.1 Å². The van der Waals surface area contributed by atoms with E-state index in [1.54, 1.807) is 4.90 Å². The summed E-state index contributed by atoms with van der Waals surface area (Å²) in [6.07, 6.45) is 5.14. The Hall–Kier alpha value is -2.43. The number of aryl methyl sites for hydroxylation is 1. The fourth-order valence-corrected chi connectivity index (χ4v) is 5.72. The first kappa shape index (κ1) is 20.3. The molecule has 2 heterocycles. The van der Waals surface area contributed by atoms with Gasteiger partial charge in [-0.25, -0.2) is 13.2 Å². The van der Waals surface area contributed by atoms with Gasteiger partial charge in [0.25, 0.3) is 11.6 Å². The van der Waals surface area contributed by atoms with E-state index in [0.29, 0.717) is 6.42 Å². The lowest BCUT2D eigenvalue weighted by molar-refractivity contribution is -0.384. The minimum atomic E-state index is -3.16. The molecule has 1 aliphatic carbocycles. The summed E-state index contributed by atoms with van der Waals surface area (Å²) >= 11 is 0. The maximum atomic E-state index is 12.8. The van der Waals surface area contributed by atoms with Gasteiger partial charge in [-0.1, -0.05) is 12.8 Å². The number of nitro groups is 1. The molecule has 1 aliphatic heterocycles. The van der Waals surface area contributed by atoms with Crippen molar-refractivity contribution in [3.8, 4) is 0 Å². The van der Waals surface area contributed by atoms with Gasteiger partial charge in [0.05, 0.1) is 22.6 Å². The van der Waals surface area contributed by atoms with Gasteiger partial charge in [0, 0.05) is 25.2 Å². The monoisotopic (exact) mass is 413 g/mol. The number of esters is 1. The summed E-state index contributed by atoms with van der Waals surface area (Å²) in [4.78, 5) is 36.8. The Labute approximate surface area is 162 Å². The maximum Gasteiger partial charge on any atom is 0.355 e. The molecule has 11 heteroatoms. The third-order valence-corrected chi connectivity index (χ3v) is 7.10. The second kappa shape index (κ2) is 7.90. The molecule has 0 N–H and O–H groups in total. The fourth-order valence-electron chi connectivity index (χ4n) is 4.01. The molecule has 2 fully saturated rings. The molecule has 154 valence electrons. The lowest BCUT2D eigenvalue weighted by Crippen LogP contribution is -2.48. The van der Waals surface area contributed by atoms with E-state index in [-0.39, 0.29) is 28.9 Å². The van der Waals surface area contributed by atoms with Crippen LogP contribution in [0.2, 0.25) is 0 Å². The summed E-state index contributed by atoms with van der Waals surface area (Å²) in [5, 5.41) is 10.8. The zero-order valence-electron chi connectivity index (χ0n) is 15.6. The minimum Gasteiger partial charge on any atom is -0.451 e.